The van der Waals surface area contributed by atoms with Crippen LogP contribution in [0.1, 0.15) is 36.9 Å². The number of rotatable bonds is 8. The van der Waals surface area contributed by atoms with E-state index in [1.54, 1.807) is 17.8 Å². The molecule has 5 rings (SSSR count). The number of hydrogen-bond donors (Lipinski definition) is 3. The summed E-state index contributed by atoms with van der Waals surface area (Å²) in [5, 5.41) is 15.4. The zero-order chi connectivity index (χ0) is 22.5. The minimum Gasteiger partial charge on any atom is -0.350 e. The van der Waals surface area contributed by atoms with Crippen LogP contribution < -0.4 is 10.6 Å². The standard InChI is InChI=1S/C27H30N4OS/c32-26(13-12-21-18-24-27-23(30-31-24)10-5-11-25(27)33-21)29-22(20-14-16-28-17-15-20)9-4-8-19-6-2-1-3-7-19/h1-3,5-7,10-13,18,20,22,28H,4,8-9,14-17H2,(H,29,32)(H,30,31). The second kappa shape index (κ2) is 10.4. The maximum atomic E-state index is 12.9. The van der Waals surface area contributed by atoms with Gasteiger partial charge in [0, 0.05) is 27.3 Å². The maximum absolute atomic E-state index is 12.9. The van der Waals surface area contributed by atoms with Gasteiger partial charge in [-0.2, -0.15) is 5.10 Å². The molecule has 2 aliphatic rings. The largest absolute Gasteiger partial charge is 0.350 e. The molecule has 1 saturated heterocycles. The fourth-order valence-corrected chi connectivity index (χ4v) is 5.89. The molecule has 0 aliphatic carbocycles. The molecule has 5 nitrogen and oxygen atoms in total. The van der Waals surface area contributed by atoms with Crippen molar-refractivity contribution in [2.75, 3.05) is 13.1 Å². The van der Waals surface area contributed by atoms with Crippen LogP contribution in [-0.4, -0.2) is 35.2 Å². The first-order chi connectivity index (χ1) is 16.3. The molecule has 6 heteroatoms. The molecule has 0 bridgehead atoms. The molecular weight excluding hydrogens is 428 g/mol. The van der Waals surface area contributed by atoms with Gasteiger partial charge in [0.15, 0.2) is 0 Å². The first-order valence-corrected chi connectivity index (χ1v) is 12.7. The Morgan fingerprint density at radius 1 is 1.15 bits per heavy atom. The van der Waals surface area contributed by atoms with Crippen LogP contribution in [0.25, 0.3) is 17.0 Å². The van der Waals surface area contributed by atoms with Gasteiger partial charge in [-0.15, -0.1) is 0 Å². The molecule has 2 aliphatic heterocycles. The number of piperidine rings is 1. The van der Waals surface area contributed by atoms with Crippen molar-refractivity contribution in [3.8, 4) is 0 Å². The zero-order valence-electron chi connectivity index (χ0n) is 18.7. The number of aromatic nitrogens is 2. The Morgan fingerprint density at radius 2 is 2.00 bits per heavy atom. The van der Waals surface area contributed by atoms with E-state index in [2.05, 4.69) is 63.3 Å². The van der Waals surface area contributed by atoms with Gasteiger partial charge in [-0.05, 0) is 81.0 Å². The van der Waals surface area contributed by atoms with Crippen LogP contribution in [-0.2, 0) is 11.2 Å². The summed E-state index contributed by atoms with van der Waals surface area (Å²) in [5.41, 5.74) is 3.35. The molecule has 1 atom stereocenters. The highest BCUT2D eigenvalue weighted by atomic mass is 32.2. The van der Waals surface area contributed by atoms with E-state index in [9.17, 15) is 4.79 Å². The summed E-state index contributed by atoms with van der Waals surface area (Å²) in [6.45, 7) is 2.07. The molecule has 1 fully saturated rings. The number of aryl methyl sites for hydroxylation is 1. The molecule has 3 aromatic rings. The van der Waals surface area contributed by atoms with Crippen LogP contribution in [0.4, 0.5) is 0 Å². The van der Waals surface area contributed by atoms with E-state index >= 15 is 0 Å². The van der Waals surface area contributed by atoms with Gasteiger partial charge in [-0.25, -0.2) is 0 Å². The second-order valence-electron chi connectivity index (χ2n) is 8.85. The number of carbonyl (C=O) groups excluding carboxylic acids is 1. The Bertz CT molecular complexity index is 1160. The van der Waals surface area contributed by atoms with Gasteiger partial charge in [-0.3, -0.25) is 9.89 Å². The summed E-state index contributed by atoms with van der Waals surface area (Å²) in [6, 6.07) is 17.0. The lowest BCUT2D eigenvalue weighted by Crippen LogP contribution is -2.44. The van der Waals surface area contributed by atoms with Crippen molar-refractivity contribution in [2.45, 2.75) is 43.0 Å². The number of benzene rings is 2. The average molecular weight is 459 g/mol. The van der Waals surface area contributed by atoms with Crippen LogP contribution >= 0.6 is 11.8 Å². The highest BCUT2D eigenvalue weighted by Gasteiger charge is 2.24. The van der Waals surface area contributed by atoms with Crippen molar-refractivity contribution in [3.05, 3.63) is 76.8 Å². The molecule has 3 heterocycles. The van der Waals surface area contributed by atoms with Crippen LogP contribution in [0.2, 0.25) is 0 Å². The van der Waals surface area contributed by atoms with E-state index in [4.69, 9.17) is 0 Å². The number of thioether (sulfide) groups is 1. The molecule has 33 heavy (non-hydrogen) atoms. The molecule has 1 unspecified atom stereocenters. The SMILES string of the molecule is O=C(C=CC1=Cc2[nH]nc3cccc(c23)S1)NC(CCCc1ccccc1)C1CCNCC1. The molecule has 1 aromatic heterocycles. The smallest absolute Gasteiger partial charge is 0.244 e. The lowest BCUT2D eigenvalue weighted by Gasteiger charge is -2.31. The summed E-state index contributed by atoms with van der Waals surface area (Å²) < 4.78 is 0. The summed E-state index contributed by atoms with van der Waals surface area (Å²) in [7, 11) is 0. The number of H-pyrrole nitrogens is 1. The number of nitrogens with zero attached hydrogens (tertiary/aromatic N) is 1. The van der Waals surface area contributed by atoms with Gasteiger partial charge in [0.2, 0.25) is 5.91 Å². The third kappa shape index (κ3) is 5.40. The van der Waals surface area contributed by atoms with Crippen LogP contribution in [0, 0.1) is 5.92 Å². The van der Waals surface area contributed by atoms with Crippen LogP contribution in [0.5, 0.6) is 0 Å². The van der Waals surface area contributed by atoms with Crippen molar-refractivity contribution >= 4 is 34.6 Å². The van der Waals surface area contributed by atoms with E-state index < -0.39 is 0 Å². The zero-order valence-corrected chi connectivity index (χ0v) is 19.5. The third-order valence-corrected chi connectivity index (χ3v) is 7.64. The topological polar surface area (TPSA) is 69.8 Å². The van der Waals surface area contributed by atoms with E-state index in [0.29, 0.717) is 5.92 Å². The summed E-state index contributed by atoms with van der Waals surface area (Å²) in [4.78, 5) is 15.1. The fraction of sp³-hybridized carbons (Fsp3) is 0.333. The Morgan fingerprint density at radius 3 is 2.85 bits per heavy atom. The molecule has 0 saturated carbocycles. The van der Waals surface area contributed by atoms with Gasteiger partial charge in [0.05, 0.1) is 11.2 Å². The highest BCUT2D eigenvalue weighted by Crippen LogP contribution is 2.40. The van der Waals surface area contributed by atoms with Crippen molar-refractivity contribution in [1.29, 1.82) is 0 Å². The number of amides is 1. The normalized spacial score (nSPS) is 17.3. The molecule has 170 valence electrons. The van der Waals surface area contributed by atoms with Crippen molar-refractivity contribution in [3.63, 3.8) is 0 Å². The Hall–Kier alpha value is -2.83. The van der Waals surface area contributed by atoms with Crippen molar-refractivity contribution in [1.82, 2.24) is 20.8 Å². The molecule has 0 spiro atoms. The summed E-state index contributed by atoms with van der Waals surface area (Å²) in [5.74, 6) is 0.529. The number of hydrogen-bond acceptors (Lipinski definition) is 4. The average Bonchev–Trinajstić information content (AvgIpc) is 3.28. The van der Waals surface area contributed by atoms with E-state index in [-0.39, 0.29) is 11.9 Å². The number of allylic oxidation sites excluding steroid dienone is 1. The molecule has 2 aromatic carbocycles. The third-order valence-electron chi connectivity index (χ3n) is 6.59. The number of carbonyl (C=O) groups is 1. The lowest BCUT2D eigenvalue weighted by molar-refractivity contribution is -0.117. The minimum atomic E-state index is -0.00615. The van der Waals surface area contributed by atoms with E-state index in [0.717, 1.165) is 66.7 Å². The van der Waals surface area contributed by atoms with Gasteiger partial charge in [0.1, 0.15) is 0 Å². The predicted molar refractivity (Wildman–Crippen MR) is 136 cm³/mol. The minimum absolute atomic E-state index is 0.00615. The van der Waals surface area contributed by atoms with Crippen molar-refractivity contribution in [2.24, 2.45) is 5.92 Å². The maximum Gasteiger partial charge on any atom is 0.244 e. The quantitative estimate of drug-likeness (QED) is 0.412. The van der Waals surface area contributed by atoms with Gasteiger partial charge < -0.3 is 10.6 Å². The number of nitrogens with one attached hydrogen (secondary N) is 3. The molecule has 0 radical (unpaired) electrons. The first kappa shape index (κ1) is 22.0. The van der Waals surface area contributed by atoms with Gasteiger partial charge in [-0.1, -0.05) is 48.2 Å². The lowest BCUT2D eigenvalue weighted by atomic mass is 9.87. The monoisotopic (exact) mass is 458 g/mol. The van der Waals surface area contributed by atoms with Crippen LogP contribution in [0.3, 0.4) is 0 Å². The summed E-state index contributed by atoms with van der Waals surface area (Å²) >= 11 is 1.68. The van der Waals surface area contributed by atoms with E-state index in [1.165, 1.54) is 10.5 Å². The van der Waals surface area contributed by atoms with E-state index in [1.807, 2.05) is 18.2 Å². The molecule has 1 amide bonds. The van der Waals surface area contributed by atoms with Crippen molar-refractivity contribution < 1.29 is 4.79 Å². The Balaban J connectivity index is 1.22. The molecule has 3 N–H and O–H groups in total. The Labute approximate surface area is 199 Å². The predicted octanol–water partition coefficient (Wildman–Crippen LogP) is 5.07. The molecular formula is C27H30N4OS. The number of aromatic amines is 1. The van der Waals surface area contributed by atoms with Gasteiger partial charge in [0.25, 0.3) is 0 Å². The Kier molecular flexibility index (Phi) is 6.93. The first-order valence-electron chi connectivity index (χ1n) is 11.9. The highest BCUT2D eigenvalue weighted by molar-refractivity contribution is 8.03. The fourth-order valence-electron chi connectivity index (χ4n) is 4.86. The second-order valence-corrected chi connectivity index (χ2v) is 9.97. The summed E-state index contributed by atoms with van der Waals surface area (Å²) in [6.07, 6.45) is 11.1. The van der Waals surface area contributed by atoms with Gasteiger partial charge >= 0.3 is 0 Å². The van der Waals surface area contributed by atoms with Crippen LogP contribution in [0.15, 0.2) is 70.5 Å².